The van der Waals surface area contributed by atoms with Crippen molar-refractivity contribution < 1.29 is 4.74 Å². The Balaban J connectivity index is 2.13. The van der Waals surface area contributed by atoms with Crippen molar-refractivity contribution >= 4 is 17.3 Å². The molecule has 0 aliphatic carbocycles. The molecule has 3 heteroatoms. The third-order valence-electron chi connectivity index (χ3n) is 2.20. The van der Waals surface area contributed by atoms with Crippen molar-refractivity contribution in [3.8, 4) is 0 Å². The molecule has 0 radical (unpaired) electrons. The molecule has 1 fully saturated rings. The quantitative estimate of drug-likeness (QED) is 0.787. The van der Waals surface area contributed by atoms with Crippen LogP contribution in [0.2, 0.25) is 5.02 Å². The molecule has 1 aliphatic rings. The van der Waals surface area contributed by atoms with Crippen molar-refractivity contribution in [2.24, 2.45) is 0 Å². The van der Waals surface area contributed by atoms with Crippen molar-refractivity contribution in [2.45, 2.75) is 13.0 Å². The van der Waals surface area contributed by atoms with Crippen LogP contribution in [-0.4, -0.2) is 19.3 Å². The second kappa shape index (κ2) is 3.56. The number of aryl methyl sites for hydroxylation is 1. The maximum Gasteiger partial charge on any atom is 0.0728 e. The third-order valence-corrected chi connectivity index (χ3v) is 2.43. The second-order valence-electron chi connectivity index (χ2n) is 3.34. The first-order chi connectivity index (χ1) is 6.25. The topological polar surface area (TPSA) is 21.3 Å². The van der Waals surface area contributed by atoms with E-state index in [0.29, 0.717) is 6.04 Å². The summed E-state index contributed by atoms with van der Waals surface area (Å²) in [7, 11) is 0. The number of hydrogen-bond donors (Lipinski definition) is 1. The van der Waals surface area contributed by atoms with Gasteiger partial charge >= 0.3 is 0 Å². The minimum Gasteiger partial charge on any atom is -0.377 e. The lowest BCUT2D eigenvalue weighted by molar-refractivity contribution is 0.0211. The zero-order chi connectivity index (χ0) is 9.26. The predicted octanol–water partition coefficient (Wildman–Crippen LogP) is 2.46. The molecule has 0 unspecified atom stereocenters. The van der Waals surface area contributed by atoms with Crippen LogP contribution in [0.15, 0.2) is 18.2 Å². The summed E-state index contributed by atoms with van der Waals surface area (Å²) in [6.45, 7) is 3.66. The Hall–Kier alpha value is -0.730. The molecule has 1 aliphatic heterocycles. The Kier molecular flexibility index (Phi) is 2.42. The van der Waals surface area contributed by atoms with E-state index in [9.17, 15) is 0 Å². The summed E-state index contributed by atoms with van der Waals surface area (Å²) in [5, 5.41) is 4.15. The maximum atomic E-state index is 5.89. The van der Waals surface area contributed by atoms with Crippen LogP contribution in [0.1, 0.15) is 5.56 Å². The molecule has 13 heavy (non-hydrogen) atoms. The fourth-order valence-electron chi connectivity index (χ4n) is 1.29. The van der Waals surface area contributed by atoms with E-state index in [1.807, 2.05) is 18.2 Å². The molecule has 0 aromatic heterocycles. The molecule has 2 rings (SSSR count). The Labute approximate surface area is 82.9 Å². The molecule has 0 spiro atoms. The molecule has 1 aromatic carbocycles. The molecule has 70 valence electrons. The fourth-order valence-corrected chi connectivity index (χ4v) is 1.46. The van der Waals surface area contributed by atoms with Gasteiger partial charge in [0.25, 0.3) is 0 Å². The summed E-state index contributed by atoms with van der Waals surface area (Å²) in [6.07, 6.45) is 0. The van der Waals surface area contributed by atoms with E-state index < -0.39 is 0 Å². The zero-order valence-electron chi connectivity index (χ0n) is 7.51. The van der Waals surface area contributed by atoms with Crippen molar-refractivity contribution in [1.82, 2.24) is 0 Å². The van der Waals surface area contributed by atoms with Crippen LogP contribution < -0.4 is 5.32 Å². The van der Waals surface area contributed by atoms with E-state index in [4.69, 9.17) is 16.3 Å². The van der Waals surface area contributed by atoms with Gasteiger partial charge in [0, 0.05) is 10.7 Å². The Morgan fingerprint density at radius 2 is 2.23 bits per heavy atom. The van der Waals surface area contributed by atoms with Crippen molar-refractivity contribution in [2.75, 3.05) is 18.5 Å². The van der Waals surface area contributed by atoms with Crippen LogP contribution >= 0.6 is 11.6 Å². The van der Waals surface area contributed by atoms with Gasteiger partial charge in [-0.1, -0.05) is 17.7 Å². The molecular weight excluding hydrogens is 186 g/mol. The summed E-state index contributed by atoms with van der Waals surface area (Å²) in [4.78, 5) is 0. The molecule has 0 atom stereocenters. The summed E-state index contributed by atoms with van der Waals surface area (Å²) in [5.74, 6) is 0. The van der Waals surface area contributed by atoms with Crippen LogP contribution in [0.3, 0.4) is 0 Å². The smallest absolute Gasteiger partial charge is 0.0728 e. The van der Waals surface area contributed by atoms with E-state index in [-0.39, 0.29) is 0 Å². The van der Waals surface area contributed by atoms with Crippen molar-refractivity contribution in [1.29, 1.82) is 0 Å². The lowest BCUT2D eigenvalue weighted by atomic mass is 10.1. The van der Waals surface area contributed by atoms with Crippen LogP contribution in [-0.2, 0) is 4.74 Å². The van der Waals surface area contributed by atoms with E-state index >= 15 is 0 Å². The number of rotatable bonds is 2. The first-order valence-corrected chi connectivity index (χ1v) is 4.74. The fraction of sp³-hybridized carbons (Fsp3) is 0.400. The highest BCUT2D eigenvalue weighted by Crippen LogP contribution is 2.22. The van der Waals surface area contributed by atoms with Gasteiger partial charge < -0.3 is 10.1 Å². The monoisotopic (exact) mass is 197 g/mol. The van der Waals surface area contributed by atoms with Crippen LogP contribution in [0.25, 0.3) is 0 Å². The Morgan fingerprint density at radius 1 is 1.46 bits per heavy atom. The first kappa shape index (κ1) is 8.85. The van der Waals surface area contributed by atoms with Gasteiger partial charge in [0.05, 0.1) is 19.3 Å². The lowest BCUT2D eigenvalue weighted by Crippen LogP contribution is -2.40. The van der Waals surface area contributed by atoms with Gasteiger partial charge in [-0.05, 0) is 24.6 Å². The molecule has 1 heterocycles. The molecule has 0 saturated carbocycles. The zero-order valence-corrected chi connectivity index (χ0v) is 8.27. The number of benzene rings is 1. The Morgan fingerprint density at radius 3 is 2.85 bits per heavy atom. The first-order valence-electron chi connectivity index (χ1n) is 4.36. The predicted molar refractivity (Wildman–Crippen MR) is 54.4 cm³/mol. The van der Waals surface area contributed by atoms with Gasteiger partial charge in [-0.2, -0.15) is 0 Å². The maximum absolute atomic E-state index is 5.89. The summed E-state index contributed by atoms with van der Waals surface area (Å²) in [5.41, 5.74) is 2.33. The number of anilines is 1. The molecule has 0 amide bonds. The van der Waals surface area contributed by atoms with Crippen molar-refractivity contribution in [3.63, 3.8) is 0 Å². The highest BCUT2D eigenvalue weighted by atomic mass is 35.5. The molecular formula is C10H12ClNO. The summed E-state index contributed by atoms with van der Waals surface area (Å²) >= 11 is 5.89. The van der Waals surface area contributed by atoms with Gasteiger partial charge in [0.15, 0.2) is 0 Å². The average molecular weight is 198 g/mol. The number of nitrogens with one attached hydrogen (secondary N) is 1. The highest BCUT2D eigenvalue weighted by molar-refractivity contribution is 6.30. The van der Waals surface area contributed by atoms with Gasteiger partial charge in [-0.15, -0.1) is 0 Å². The molecule has 0 bridgehead atoms. The SMILES string of the molecule is Cc1ccc(Cl)cc1NC1COC1. The molecule has 1 N–H and O–H groups in total. The number of hydrogen-bond acceptors (Lipinski definition) is 2. The standard InChI is InChI=1S/C10H12ClNO/c1-7-2-3-8(11)4-10(7)12-9-5-13-6-9/h2-4,9,12H,5-6H2,1H3. The van der Waals surface area contributed by atoms with E-state index in [0.717, 1.165) is 23.9 Å². The van der Waals surface area contributed by atoms with E-state index in [1.54, 1.807) is 0 Å². The normalized spacial score (nSPS) is 16.8. The molecule has 1 aromatic rings. The summed E-state index contributed by atoms with van der Waals surface area (Å²) in [6, 6.07) is 6.33. The van der Waals surface area contributed by atoms with Crippen LogP contribution in [0.4, 0.5) is 5.69 Å². The van der Waals surface area contributed by atoms with Gasteiger partial charge in [0.2, 0.25) is 0 Å². The van der Waals surface area contributed by atoms with Crippen LogP contribution in [0, 0.1) is 6.92 Å². The largest absolute Gasteiger partial charge is 0.377 e. The van der Waals surface area contributed by atoms with E-state index in [1.165, 1.54) is 5.56 Å². The summed E-state index contributed by atoms with van der Waals surface area (Å²) < 4.78 is 5.08. The second-order valence-corrected chi connectivity index (χ2v) is 3.77. The van der Waals surface area contributed by atoms with Crippen molar-refractivity contribution in [3.05, 3.63) is 28.8 Å². The molecule has 1 saturated heterocycles. The number of halogens is 1. The number of ether oxygens (including phenoxy) is 1. The van der Waals surface area contributed by atoms with Crippen LogP contribution in [0.5, 0.6) is 0 Å². The average Bonchev–Trinajstić information content (AvgIpc) is 2.03. The third kappa shape index (κ3) is 1.95. The molecule has 2 nitrogen and oxygen atoms in total. The van der Waals surface area contributed by atoms with Gasteiger partial charge in [-0.25, -0.2) is 0 Å². The van der Waals surface area contributed by atoms with E-state index in [2.05, 4.69) is 12.2 Å². The van der Waals surface area contributed by atoms with Gasteiger partial charge in [0.1, 0.15) is 0 Å². The lowest BCUT2D eigenvalue weighted by Gasteiger charge is -2.28. The minimum atomic E-state index is 0.456. The van der Waals surface area contributed by atoms with Gasteiger partial charge in [-0.3, -0.25) is 0 Å². The highest BCUT2D eigenvalue weighted by Gasteiger charge is 2.18. The Bertz CT molecular complexity index is 310. The minimum absolute atomic E-state index is 0.456.